The summed E-state index contributed by atoms with van der Waals surface area (Å²) in [6, 6.07) is 17.5. The molecule has 0 saturated heterocycles. The minimum atomic E-state index is -0.866. The fourth-order valence-electron chi connectivity index (χ4n) is 3.27. The van der Waals surface area contributed by atoms with Gasteiger partial charge < -0.3 is 20.4 Å². The van der Waals surface area contributed by atoms with Crippen LogP contribution >= 0.6 is 23.5 Å². The second-order valence-corrected chi connectivity index (χ2v) is 9.80. The molecule has 0 aliphatic carbocycles. The van der Waals surface area contributed by atoms with Crippen LogP contribution in [0.1, 0.15) is 12.8 Å². The number of rotatable bonds is 12. The molecule has 7 nitrogen and oxygen atoms in total. The fraction of sp³-hybridized carbons (Fsp3) is 0.148. The molecule has 0 saturated carbocycles. The molecule has 0 amide bonds. The number of hydrogen-bond acceptors (Lipinski definition) is 7. The van der Waals surface area contributed by atoms with Crippen molar-refractivity contribution in [1.82, 2.24) is 0 Å². The summed E-state index contributed by atoms with van der Waals surface area (Å²) >= 11 is 2.95. The van der Waals surface area contributed by atoms with Gasteiger partial charge in [0, 0.05) is 33.5 Å². The van der Waals surface area contributed by atoms with Crippen molar-refractivity contribution in [2.45, 2.75) is 22.6 Å². The van der Waals surface area contributed by atoms with Gasteiger partial charge in [-0.1, -0.05) is 54.4 Å². The summed E-state index contributed by atoms with van der Waals surface area (Å²) in [4.78, 5) is 26.5. The molecule has 2 aromatic rings. The summed E-state index contributed by atoms with van der Waals surface area (Å²) in [6.45, 7) is 4.71. The van der Waals surface area contributed by atoms with Gasteiger partial charge in [-0.05, 0) is 48.6 Å². The molecule has 3 rings (SSSR count). The van der Waals surface area contributed by atoms with Crippen molar-refractivity contribution in [3.05, 3.63) is 94.9 Å². The maximum Gasteiger partial charge on any atom is 0.305 e. The zero-order valence-corrected chi connectivity index (χ0v) is 21.0. The summed E-state index contributed by atoms with van der Waals surface area (Å²) in [6.07, 6.45) is 6.99. The maximum atomic E-state index is 11.1. The van der Waals surface area contributed by atoms with E-state index in [0.29, 0.717) is 23.6 Å². The van der Waals surface area contributed by atoms with Gasteiger partial charge in [-0.2, -0.15) is 5.26 Å². The first-order valence-electron chi connectivity index (χ1n) is 11.0. The van der Waals surface area contributed by atoms with Crippen molar-refractivity contribution < 1.29 is 19.8 Å². The second-order valence-electron chi connectivity index (χ2n) is 7.57. The van der Waals surface area contributed by atoms with Crippen molar-refractivity contribution in [3.8, 4) is 6.07 Å². The molecule has 0 atom stereocenters. The third kappa shape index (κ3) is 7.83. The number of benzene rings is 2. The van der Waals surface area contributed by atoms with Gasteiger partial charge in [0.2, 0.25) is 0 Å². The highest BCUT2D eigenvalue weighted by Crippen LogP contribution is 2.45. The van der Waals surface area contributed by atoms with Gasteiger partial charge >= 0.3 is 11.9 Å². The third-order valence-corrected chi connectivity index (χ3v) is 7.06. The molecule has 0 fully saturated rings. The quantitative estimate of drug-likeness (QED) is 0.173. The molecule has 2 aromatic carbocycles. The Labute approximate surface area is 218 Å². The number of carboxylic acid groups (broad SMARTS) is 2. The number of hydrogen-bond donors (Lipinski definition) is 3. The lowest BCUT2D eigenvalue weighted by atomic mass is 10.2. The standard InChI is InChI=1S/C27H25N3O4S2/c1-19(35-23-8-4-2-6-21(23)29-16-14-26(31)32)10-11-20(18-28)12-13-25-30(17-15-27(33)34)22-7-3-5-9-24(22)36-25/h2-13,29H,1,14-17H2,(H,31,32)(H,33,34). The average molecular weight is 520 g/mol. The van der Waals surface area contributed by atoms with Crippen LogP contribution in [0.3, 0.4) is 0 Å². The molecule has 3 N–H and O–H groups in total. The number of nitrogens with one attached hydrogen (secondary N) is 1. The molecular formula is C27H25N3O4S2. The van der Waals surface area contributed by atoms with E-state index in [1.165, 1.54) is 23.5 Å². The molecule has 0 aromatic heterocycles. The Hall–Kier alpha value is -3.87. The van der Waals surface area contributed by atoms with E-state index in [1.54, 1.807) is 18.2 Å². The maximum absolute atomic E-state index is 11.1. The number of carboxylic acids is 2. The van der Waals surface area contributed by atoms with E-state index >= 15 is 0 Å². The van der Waals surface area contributed by atoms with Crippen LogP contribution in [0, 0.1) is 11.3 Å². The summed E-state index contributed by atoms with van der Waals surface area (Å²) in [5.41, 5.74) is 2.20. The van der Waals surface area contributed by atoms with Crippen molar-refractivity contribution >= 4 is 46.8 Å². The number of carbonyl (C=O) groups is 2. The number of para-hydroxylation sites is 2. The van der Waals surface area contributed by atoms with Crippen molar-refractivity contribution in [2.75, 3.05) is 23.3 Å². The molecule has 9 heteroatoms. The highest BCUT2D eigenvalue weighted by atomic mass is 32.2. The number of anilines is 2. The zero-order chi connectivity index (χ0) is 25.9. The van der Waals surface area contributed by atoms with Crippen molar-refractivity contribution in [1.29, 1.82) is 5.26 Å². The lowest BCUT2D eigenvalue weighted by Crippen LogP contribution is -2.21. The predicted octanol–water partition coefficient (Wildman–Crippen LogP) is 6.11. The van der Waals surface area contributed by atoms with Gasteiger partial charge in [0.15, 0.2) is 0 Å². The number of nitrogens with zero attached hydrogens (tertiary/aromatic N) is 2. The van der Waals surface area contributed by atoms with Crippen LogP contribution in [0.2, 0.25) is 0 Å². The normalized spacial score (nSPS) is 14.0. The van der Waals surface area contributed by atoms with E-state index in [1.807, 2.05) is 59.5 Å². The van der Waals surface area contributed by atoms with Crippen LogP contribution in [0.15, 0.2) is 105 Å². The van der Waals surface area contributed by atoms with Crippen LogP contribution in [-0.4, -0.2) is 35.2 Å². The Bertz CT molecular complexity index is 1280. The van der Waals surface area contributed by atoms with Crippen molar-refractivity contribution in [3.63, 3.8) is 0 Å². The molecule has 184 valence electrons. The van der Waals surface area contributed by atoms with Crippen LogP contribution in [0.4, 0.5) is 11.4 Å². The second kappa shape index (κ2) is 13.3. The molecule has 0 spiro atoms. The van der Waals surface area contributed by atoms with E-state index in [-0.39, 0.29) is 12.8 Å². The van der Waals surface area contributed by atoms with Crippen LogP contribution in [0.25, 0.3) is 0 Å². The molecule has 0 radical (unpaired) electrons. The lowest BCUT2D eigenvalue weighted by Gasteiger charge is -2.19. The number of allylic oxidation sites excluding steroid dienone is 5. The highest BCUT2D eigenvalue weighted by Gasteiger charge is 2.24. The number of fused-ring (bicyclic) bond motifs is 1. The molecule has 0 unspecified atom stereocenters. The van der Waals surface area contributed by atoms with Gasteiger partial charge in [-0.3, -0.25) is 9.59 Å². The summed E-state index contributed by atoms with van der Waals surface area (Å²) in [5.74, 6) is -1.73. The Morgan fingerprint density at radius 2 is 1.81 bits per heavy atom. The van der Waals surface area contributed by atoms with Crippen LogP contribution in [-0.2, 0) is 9.59 Å². The molecular weight excluding hydrogens is 494 g/mol. The van der Waals surface area contributed by atoms with E-state index in [2.05, 4.69) is 18.0 Å². The number of aliphatic carboxylic acids is 2. The smallest absolute Gasteiger partial charge is 0.305 e. The molecule has 0 bridgehead atoms. The summed E-state index contributed by atoms with van der Waals surface area (Å²) < 4.78 is 0. The van der Waals surface area contributed by atoms with E-state index in [4.69, 9.17) is 10.2 Å². The zero-order valence-electron chi connectivity index (χ0n) is 19.4. The first-order valence-corrected chi connectivity index (χ1v) is 12.7. The van der Waals surface area contributed by atoms with Crippen LogP contribution < -0.4 is 10.2 Å². The minimum absolute atomic E-state index is 0.00461. The van der Waals surface area contributed by atoms with Gasteiger partial charge in [0.25, 0.3) is 0 Å². The first kappa shape index (κ1) is 26.7. The fourth-order valence-corrected chi connectivity index (χ4v) is 5.18. The summed E-state index contributed by atoms with van der Waals surface area (Å²) in [7, 11) is 0. The van der Waals surface area contributed by atoms with Gasteiger partial charge in [0.05, 0.1) is 35.2 Å². The van der Waals surface area contributed by atoms with E-state index < -0.39 is 11.9 Å². The Morgan fingerprint density at radius 1 is 1.08 bits per heavy atom. The van der Waals surface area contributed by atoms with E-state index in [0.717, 1.165) is 26.2 Å². The monoisotopic (exact) mass is 519 g/mol. The Kier molecular flexibility index (Phi) is 9.86. The SMILES string of the molecule is C=C(C=CC(C#N)=CC=C1Sc2ccccc2N1CCC(=O)O)Sc1ccccc1NCCC(=O)O. The predicted molar refractivity (Wildman–Crippen MR) is 145 cm³/mol. The number of nitriles is 1. The minimum Gasteiger partial charge on any atom is -0.481 e. The molecule has 36 heavy (non-hydrogen) atoms. The molecule has 1 heterocycles. The Morgan fingerprint density at radius 3 is 2.56 bits per heavy atom. The lowest BCUT2D eigenvalue weighted by molar-refractivity contribution is -0.137. The largest absolute Gasteiger partial charge is 0.481 e. The summed E-state index contributed by atoms with van der Waals surface area (Å²) in [5, 5.41) is 31.6. The van der Waals surface area contributed by atoms with Crippen LogP contribution in [0.5, 0.6) is 0 Å². The van der Waals surface area contributed by atoms with Gasteiger partial charge in [-0.15, -0.1) is 0 Å². The first-order chi connectivity index (χ1) is 17.4. The van der Waals surface area contributed by atoms with Gasteiger partial charge in [0.1, 0.15) is 0 Å². The molecule has 1 aliphatic rings. The highest BCUT2D eigenvalue weighted by molar-refractivity contribution is 8.03. The Balaban J connectivity index is 1.69. The topological polar surface area (TPSA) is 114 Å². The number of thioether (sulfide) groups is 2. The average Bonchev–Trinajstić information content (AvgIpc) is 3.21. The molecule has 1 aliphatic heterocycles. The third-order valence-electron chi connectivity index (χ3n) is 4.95. The van der Waals surface area contributed by atoms with Crippen molar-refractivity contribution in [2.24, 2.45) is 0 Å². The van der Waals surface area contributed by atoms with E-state index in [9.17, 15) is 14.9 Å². The van der Waals surface area contributed by atoms with Gasteiger partial charge in [-0.25, -0.2) is 0 Å².